The number of hydrogen-bond donors (Lipinski definition) is 0. The Bertz CT molecular complexity index is 2190. The molecule has 0 N–H and O–H groups in total. The summed E-state index contributed by atoms with van der Waals surface area (Å²) < 4.78 is 0. The summed E-state index contributed by atoms with van der Waals surface area (Å²) in [6, 6.07) is 43.9. The van der Waals surface area contributed by atoms with Crippen LogP contribution in [0.4, 0.5) is 34.1 Å². The van der Waals surface area contributed by atoms with Crippen LogP contribution < -0.4 is 20.2 Å². The minimum Gasteiger partial charge on any atom is -0.310 e. The maximum atomic E-state index is 4.98. The predicted octanol–water partition coefficient (Wildman–Crippen LogP) is 9.32. The highest BCUT2D eigenvalue weighted by Gasteiger charge is 2.38. The standard InChI is InChI=1S/C38H28N4SSi/c1-44(2)35-17-9-5-13-31(35)42(32-14-6-10-18-36(32)44)28-22-24-40-38-26(28)20-19-25-27(21-23-39-37(25)38)41-29-11-3-7-15-33(29)43-34-16-8-4-12-30(34)41/h3-24H,1-2H3. The van der Waals surface area contributed by atoms with Crippen molar-refractivity contribution in [1.29, 1.82) is 0 Å². The number of hydrogen-bond acceptors (Lipinski definition) is 5. The molecule has 0 saturated carbocycles. The fraction of sp³-hybridized carbons (Fsp3) is 0.0526. The zero-order chi connectivity index (χ0) is 29.4. The summed E-state index contributed by atoms with van der Waals surface area (Å²) in [4.78, 5) is 17.3. The van der Waals surface area contributed by atoms with E-state index in [1.807, 2.05) is 24.2 Å². The van der Waals surface area contributed by atoms with Crippen LogP contribution >= 0.6 is 11.8 Å². The zero-order valence-corrected chi connectivity index (χ0v) is 26.2. The van der Waals surface area contributed by atoms with Crippen molar-refractivity contribution >= 4 is 86.1 Å². The Labute approximate surface area is 261 Å². The molecule has 0 bridgehead atoms. The van der Waals surface area contributed by atoms with Gasteiger partial charge in [0.05, 0.1) is 33.8 Å². The van der Waals surface area contributed by atoms with E-state index in [1.54, 1.807) is 0 Å². The number of benzene rings is 5. The van der Waals surface area contributed by atoms with Gasteiger partial charge in [0.15, 0.2) is 0 Å². The zero-order valence-electron chi connectivity index (χ0n) is 24.4. The molecule has 4 heterocycles. The second kappa shape index (κ2) is 9.54. The van der Waals surface area contributed by atoms with Crippen molar-refractivity contribution in [1.82, 2.24) is 9.97 Å². The molecule has 7 aromatic rings. The van der Waals surface area contributed by atoms with E-state index in [9.17, 15) is 0 Å². The summed E-state index contributed by atoms with van der Waals surface area (Å²) in [5.41, 5.74) is 8.92. The van der Waals surface area contributed by atoms with E-state index in [0.717, 1.165) is 33.2 Å². The third-order valence-corrected chi connectivity index (χ3v) is 13.8. The van der Waals surface area contributed by atoms with Crippen LogP contribution in [0.3, 0.4) is 0 Å². The summed E-state index contributed by atoms with van der Waals surface area (Å²) in [5, 5.41) is 5.06. The highest BCUT2D eigenvalue weighted by molar-refractivity contribution is 7.99. The molecular weight excluding hydrogens is 573 g/mol. The summed E-state index contributed by atoms with van der Waals surface area (Å²) in [5.74, 6) is 0. The molecule has 6 heteroatoms. The average molecular weight is 601 g/mol. The lowest BCUT2D eigenvalue weighted by Crippen LogP contribution is -2.58. The first-order chi connectivity index (χ1) is 21.6. The molecule has 2 aliphatic rings. The van der Waals surface area contributed by atoms with E-state index < -0.39 is 8.07 Å². The van der Waals surface area contributed by atoms with Crippen LogP contribution in [0.25, 0.3) is 21.8 Å². The lowest BCUT2D eigenvalue weighted by molar-refractivity contribution is 1.17. The van der Waals surface area contributed by atoms with Gasteiger partial charge in [-0.2, -0.15) is 0 Å². The molecule has 9 rings (SSSR count). The molecule has 0 unspecified atom stereocenters. The maximum Gasteiger partial charge on any atom is 0.117 e. The molecule has 2 aromatic heterocycles. The number of para-hydroxylation sites is 4. The van der Waals surface area contributed by atoms with Gasteiger partial charge in [0.1, 0.15) is 8.07 Å². The average Bonchev–Trinajstić information content (AvgIpc) is 3.07. The topological polar surface area (TPSA) is 32.3 Å². The molecule has 0 amide bonds. The maximum absolute atomic E-state index is 4.98. The van der Waals surface area contributed by atoms with Crippen molar-refractivity contribution in [2.45, 2.75) is 22.9 Å². The van der Waals surface area contributed by atoms with Gasteiger partial charge in [-0.25, -0.2) is 0 Å². The van der Waals surface area contributed by atoms with E-state index in [2.05, 4.69) is 144 Å². The van der Waals surface area contributed by atoms with Gasteiger partial charge < -0.3 is 9.80 Å². The van der Waals surface area contributed by atoms with E-state index in [4.69, 9.17) is 9.97 Å². The summed E-state index contributed by atoms with van der Waals surface area (Å²) in [6.45, 7) is 4.92. The number of fused-ring (bicyclic) bond motifs is 7. The van der Waals surface area contributed by atoms with Gasteiger partial charge >= 0.3 is 0 Å². The van der Waals surface area contributed by atoms with Crippen molar-refractivity contribution in [2.24, 2.45) is 0 Å². The molecule has 210 valence electrons. The lowest BCUT2D eigenvalue weighted by Gasteiger charge is -2.41. The van der Waals surface area contributed by atoms with Crippen LogP contribution in [0.2, 0.25) is 13.1 Å². The van der Waals surface area contributed by atoms with Gasteiger partial charge in [-0.15, -0.1) is 0 Å². The summed E-state index contributed by atoms with van der Waals surface area (Å²) in [7, 11) is -1.88. The Balaban J connectivity index is 1.29. The third kappa shape index (κ3) is 3.58. The van der Waals surface area contributed by atoms with E-state index in [1.165, 1.54) is 42.9 Å². The molecule has 0 saturated heterocycles. The van der Waals surface area contributed by atoms with Crippen molar-refractivity contribution in [3.63, 3.8) is 0 Å². The molecule has 0 aliphatic carbocycles. The predicted molar refractivity (Wildman–Crippen MR) is 187 cm³/mol. The number of nitrogens with zero attached hydrogens (tertiary/aromatic N) is 4. The van der Waals surface area contributed by atoms with Crippen LogP contribution in [0.5, 0.6) is 0 Å². The molecule has 5 aromatic carbocycles. The number of pyridine rings is 2. The Kier molecular flexibility index (Phi) is 5.55. The molecule has 2 aliphatic heterocycles. The van der Waals surface area contributed by atoms with Gasteiger partial charge in [-0.3, -0.25) is 9.97 Å². The highest BCUT2D eigenvalue weighted by Crippen LogP contribution is 2.52. The minimum absolute atomic E-state index is 0.906. The van der Waals surface area contributed by atoms with Gasteiger partial charge in [-0.05, 0) is 71.0 Å². The normalized spacial score (nSPS) is 14.6. The first-order valence-corrected chi connectivity index (χ1v) is 18.7. The first-order valence-electron chi connectivity index (χ1n) is 14.9. The fourth-order valence-corrected chi connectivity index (χ4v) is 11.1. The largest absolute Gasteiger partial charge is 0.310 e. The molecular formula is C38H28N4SSi. The van der Waals surface area contributed by atoms with Gasteiger partial charge in [0.2, 0.25) is 0 Å². The van der Waals surface area contributed by atoms with Gasteiger partial charge in [-0.1, -0.05) is 85.5 Å². The molecule has 0 radical (unpaired) electrons. The van der Waals surface area contributed by atoms with Crippen LogP contribution in [0, 0.1) is 0 Å². The van der Waals surface area contributed by atoms with E-state index in [-0.39, 0.29) is 0 Å². The van der Waals surface area contributed by atoms with Crippen molar-refractivity contribution in [3.05, 3.63) is 134 Å². The van der Waals surface area contributed by atoms with Crippen molar-refractivity contribution in [3.8, 4) is 0 Å². The Morgan fingerprint density at radius 3 is 1.36 bits per heavy atom. The Hall–Kier alpha value is -4.91. The monoisotopic (exact) mass is 600 g/mol. The van der Waals surface area contributed by atoms with E-state index >= 15 is 0 Å². The minimum atomic E-state index is -1.88. The lowest BCUT2D eigenvalue weighted by atomic mass is 10.0. The SMILES string of the molecule is C[Si]1(C)c2ccccc2N(c2ccnc3c2ccc2c(N4c5ccccc5Sc5ccccc54)ccnc23)c2ccccc21. The second-order valence-electron chi connectivity index (χ2n) is 11.9. The third-order valence-electron chi connectivity index (χ3n) is 9.13. The number of rotatable bonds is 2. The van der Waals surface area contributed by atoms with Gasteiger partial charge in [0, 0.05) is 44.3 Å². The van der Waals surface area contributed by atoms with Crippen LogP contribution in [-0.2, 0) is 0 Å². The molecule has 0 spiro atoms. The quantitative estimate of drug-likeness (QED) is 0.146. The fourth-order valence-electron chi connectivity index (χ4n) is 7.08. The summed E-state index contributed by atoms with van der Waals surface area (Å²) >= 11 is 1.82. The van der Waals surface area contributed by atoms with Crippen molar-refractivity contribution < 1.29 is 0 Å². The summed E-state index contributed by atoms with van der Waals surface area (Å²) in [6.07, 6.45) is 3.87. The first kappa shape index (κ1) is 25.6. The van der Waals surface area contributed by atoms with Crippen LogP contribution in [0.1, 0.15) is 0 Å². The molecule has 4 nitrogen and oxygen atoms in total. The number of anilines is 6. The molecule has 44 heavy (non-hydrogen) atoms. The number of aromatic nitrogens is 2. The van der Waals surface area contributed by atoms with Crippen LogP contribution in [0.15, 0.2) is 144 Å². The highest BCUT2D eigenvalue weighted by atomic mass is 32.2. The van der Waals surface area contributed by atoms with Crippen LogP contribution in [-0.4, -0.2) is 18.0 Å². The second-order valence-corrected chi connectivity index (χ2v) is 17.3. The smallest absolute Gasteiger partial charge is 0.117 e. The Morgan fingerprint density at radius 1 is 0.455 bits per heavy atom. The van der Waals surface area contributed by atoms with E-state index in [0.29, 0.717) is 0 Å². The molecule has 0 fully saturated rings. The van der Waals surface area contributed by atoms with Gasteiger partial charge in [0.25, 0.3) is 0 Å². The molecule has 0 atom stereocenters. The van der Waals surface area contributed by atoms with Crippen molar-refractivity contribution in [2.75, 3.05) is 9.80 Å². The Morgan fingerprint density at radius 2 is 0.864 bits per heavy atom.